The molecule has 2 rings (SSSR count). The summed E-state index contributed by atoms with van der Waals surface area (Å²) < 4.78 is 26.4. The van der Waals surface area contributed by atoms with Crippen molar-refractivity contribution >= 4 is 10.0 Å². The van der Waals surface area contributed by atoms with E-state index in [4.69, 9.17) is 0 Å². The van der Waals surface area contributed by atoms with Gasteiger partial charge in [-0.1, -0.05) is 42.0 Å². The summed E-state index contributed by atoms with van der Waals surface area (Å²) in [6.07, 6.45) is 1.52. The molecule has 0 atom stereocenters. The highest BCUT2D eigenvalue weighted by molar-refractivity contribution is 7.89. The van der Waals surface area contributed by atoms with Gasteiger partial charge in [0.25, 0.3) is 10.0 Å². The van der Waals surface area contributed by atoms with E-state index in [2.05, 4.69) is 18.5 Å². The topological polar surface area (TPSA) is 37.4 Å². The SMILES string of the molecule is C=CCN(C#Cc1ccccc1)S(=O)(=O)c1ccc(C)cc1. The molecular weight excluding hydrogens is 294 g/mol. The van der Waals surface area contributed by atoms with Crippen LogP contribution < -0.4 is 0 Å². The van der Waals surface area contributed by atoms with E-state index in [0.29, 0.717) is 0 Å². The summed E-state index contributed by atoms with van der Waals surface area (Å²) in [6.45, 7) is 5.65. The van der Waals surface area contributed by atoms with Crippen LogP contribution in [0, 0.1) is 18.9 Å². The van der Waals surface area contributed by atoms with Crippen LogP contribution in [0.5, 0.6) is 0 Å². The van der Waals surface area contributed by atoms with E-state index in [0.717, 1.165) is 15.4 Å². The molecule has 0 saturated carbocycles. The molecule has 112 valence electrons. The van der Waals surface area contributed by atoms with Crippen LogP contribution in [0.15, 0.2) is 72.1 Å². The Labute approximate surface area is 132 Å². The highest BCUT2D eigenvalue weighted by atomic mass is 32.2. The molecule has 0 amide bonds. The van der Waals surface area contributed by atoms with Crippen molar-refractivity contribution in [1.29, 1.82) is 0 Å². The van der Waals surface area contributed by atoms with Crippen LogP contribution in [-0.2, 0) is 10.0 Å². The minimum Gasteiger partial charge on any atom is -0.220 e. The van der Waals surface area contributed by atoms with Crippen molar-refractivity contribution in [2.75, 3.05) is 6.54 Å². The molecule has 0 bridgehead atoms. The van der Waals surface area contributed by atoms with E-state index in [1.165, 1.54) is 6.08 Å². The van der Waals surface area contributed by atoms with Gasteiger partial charge in [-0.05, 0) is 37.1 Å². The van der Waals surface area contributed by atoms with Gasteiger partial charge in [-0.15, -0.1) is 6.58 Å². The zero-order valence-corrected chi connectivity index (χ0v) is 13.2. The summed E-state index contributed by atoms with van der Waals surface area (Å²) >= 11 is 0. The fourth-order valence-corrected chi connectivity index (χ4v) is 3.01. The molecule has 22 heavy (non-hydrogen) atoms. The second-order valence-electron chi connectivity index (χ2n) is 4.74. The maximum absolute atomic E-state index is 12.6. The van der Waals surface area contributed by atoms with E-state index in [1.807, 2.05) is 37.3 Å². The molecule has 0 spiro atoms. The van der Waals surface area contributed by atoms with Gasteiger partial charge in [0.2, 0.25) is 0 Å². The number of aryl methyl sites for hydroxylation is 1. The largest absolute Gasteiger partial charge is 0.271 e. The molecule has 4 heteroatoms. The molecule has 3 nitrogen and oxygen atoms in total. The first-order valence-corrected chi connectivity index (χ1v) is 8.25. The number of benzene rings is 2. The summed E-state index contributed by atoms with van der Waals surface area (Å²) in [5.74, 6) is 2.87. The fraction of sp³-hybridized carbons (Fsp3) is 0.111. The van der Waals surface area contributed by atoms with Gasteiger partial charge in [0.05, 0.1) is 11.4 Å². The third kappa shape index (κ3) is 3.78. The van der Waals surface area contributed by atoms with Crippen molar-refractivity contribution in [1.82, 2.24) is 4.31 Å². The Hall–Kier alpha value is -2.51. The summed E-state index contributed by atoms with van der Waals surface area (Å²) in [5.41, 5.74) is 1.76. The van der Waals surface area contributed by atoms with Crippen molar-refractivity contribution in [3.05, 3.63) is 78.4 Å². The zero-order valence-electron chi connectivity index (χ0n) is 12.4. The summed E-state index contributed by atoms with van der Waals surface area (Å²) in [4.78, 5) is 0.224. The molecule has 0 heterocycles. The van der Waals surface area contributed by atoms with Crippen LogP contribution in [0.25, 0.3) is 0 Å². The second-order valence-corrected chi connectivity index (χ2v) is 6.60. The lowest BCUT2D eigenvalue weighted by atomic mass is 10.2. The number of nitrogens with zero attached hydrogens (tertiary/aromatic N) is 1. The van der Waals surface area contributed by atoms with Gasteiger partial charge in [0, 0.05) is 11.6 Å². The van der Waals surface area contributed by atoms with Gasteiger partial charge in [0.15, 0.2) is 0 Å². The Morgan fingerprint density at radius 3 is 2.32 bits per heavy atom. The average Bonchev–Trinajstić information content (AvgIpc) is 2.52. The van der Waals surface area contributed by atoms with E-state index in [9.17, 15) is 8.42 Å². The predicted octanol–water partition coefficient (Wildman–Crippen LogP) is 3.18. The van der Waals surface area contributed by atoms with Crippen LogP contribution in [0.4, 0.5) is 0 Å². The molecule has 2 aromatic rings. The standard InChI is InChI=1S/C18H17NO2S/c1-3-14-19(15-13-17-7-5-4-6-8-17)22(20,21)18-11-9-16(2)10-12-18/h3-12H,1,14H2,2H3. The molecular formula is C18H17NO2S. The van der Waals surface area contributed by atoms with Crippen molar-refractivity contribution < 1.29 is 8.42 Å². The highest BCUT2D eigenvalue weighted by Crippen LogP contribution is 2.15. The molecule has 0 fully saturated rings. The predicted molar refractivity (Wildman–Crippen MR) is 88.6 cm³/mol. The van der Waals surface area contributed by atoms with Crippen molar-refractivity contribution in [3.8, 4) is 12.0 Å². The Morgan fingerprint density at radius 2 is 1.73 bits per heavy atom. The third-order valence-electron chi connectivity index (χ3n) is 3.00. The molecule has 0 aliphatic heterocycles. The van der Waals surface area contributed by atoms with Gasteiger partial charge in [-0.3, -0.25) is 0 Å². The van der Waals surface area contributed by atoms with E-state index < -0.39 is 10.0 Å². The molecule has 2 aromatic carbocycles. The molecule has 0 aliphatic carbocycles. The van der Waals surface area contributed by atoms with Gasteiger partial charge in [0.1, 0.15) is 0 Å². The molecule has 0 aliphatic rings. The Bertz CT molecular complexity index is 798. The van der Waals surface area contributed by atoms with Gasteiger partial charge >= 0.3 is 0 Å². The summed E-state index contributed by atoms with van der Waals surface area (Å²) in [7, 11) is -3.66. The molecule has 0 aromatic heterocycles. The first-order valence-electron chi connectivity index (χ1n) is 6.81. The molecule has 0 N–H and O–H groups in total. The highest BCUT2D eigenvalue weighted by Gasteiger charge is 2.20. The number of hydrogen-bond donors (Lipinski definition) is 0. The van der Waals surface area contributed by atoms with Crippen molar-refractivity contribution in [2.24, 2.45) is 0 Å². The third-order valence-corrected chi connectivity index (χ3v) is 4.69. The number of sulfonamides is 1. The smallest absolute Gasteiger partial charge is 0.220 e. The Kier molecular flexibility index (Phi) is 5.03. The normalized spacial score (nSPS) is 10.4. The van der Waals surface area contributed by atoms with Crippen LogP contribution in [0.3, 0.4) is 0 Å². The van der Waals surface area contributed by atoms with E-state index >= 15 is 0 Å². The maximum atomic E-state index is 12.6. The first kappa shape index (κ1) is 15.9. The zero-order chi connectivity index (χ0) is 16.0. The molecule has 0 unspecified atom stereocenters. The minimum absolute atomic E-state index is 0.135. The fourth-order valence-electron chi connectivity index (χ4n) is 1.81. The second kappa shape index (κ2) is 6.97. The lowest BCUT2D eigenvalue weighted by Gasteiger charge is -2.16. The monoisotopic (exact) mass is 311 g/mol. The number of rotatable bonds is 4. The maximum Gasteiger partial charge on any atom is 0.271 e. The van der Waals surface area contributed by atoms with Crippen LogP contribution in [0.2, 0.25) is 0 Å². The first-order chi connectivity index (χ1) is 10.5. The quantitative estimate of drug-likeness (QED) is 0.494. The Balaban J connectivity index is 2.37. The minimum atomic E-state index is -3.66. The van der Waals surface area contributed by atoms with Crippen LogP contribution in [0.1, 0.15) is 11.1 Å². The molecule has 0 radical (unpaired) electrons. The summed E-state index contributed by atoms with van der Waals surface area (Å²) in [5, 5.41) is 0. The lowest BCUT2D eigenvalue weighted by molar-refractivity contribution is 0.533. The van der Waals surface area contributed by atoms with E-state index in [-0.39, 0.29) is 11.4 Å². The summed E-state index contributed by atoms with van der Waals surface area (Å²) in [6, 6.07) is 18.7. The Morgan fingerprint density at radius 1 is 1.09 bits per heavy atom. The number of hydrogen-bond acceptors (Lipinski definition) is 2. The van der Waals surface area contributed by atoms with Crippen LogP contribution >= 0.6 is 0 Å². The lowest BCUT2D eigenvalue weighted by Crippen LogP contribution is -2.26. The molecule has 0 saturated heterocycles. The van der Waals surface area contributed by atoms with Crippen molar-refractivity contribution in [3.63, 3.8) is 0 Å². The van der Waals surface area contributed by atoms with Crippen molar-refractivity contribution in [2.45, 2.75) is 11.8 Å². The van der Waals surface area contributed by atoms with Gasteiger partial charge in [-0.2, -0.15) is 0 Å². The van der Waals surface area contributed by atoms with Gasteiger partial charge in [-0.25, -0.2) is 12.7 Å². The van der Waals surface area contributed by atoms with Gasteiger partial charge < -0.3 is 0 Å². The van der Waals surface area contributed by atoms with E-state index in [1.54, 1.807) is 24.3 Å². The van der Waals surface area contributed by atoms with Crippen LogP contribution in [-0.4, -0.2) is 19.3 Å². The average molecular weight is 311 g/mol.